The average molecular weight is 361 g/mol. The number of hydrogen-bond donors (Lipinski definition) is 3. The Balaban J connectivity index is 1.86. The van der Waals surface area contributed by atoms with Crippen molar-refractivity contribution < 1.29 is 9.59 Å². The molecule has 0 bridgehead atoms. The van der Waals surface area contributed by atoms with Gasteiger partial charge in [0, 0.05) is 19.6 Å². The molecule has 3 N–H and O–H groups in total. The van der Waals surface area contributed by atoms with Crippen LogP contribution in [0, 0.1) is 5.92 Å². The number of nitrogens with zero attached hydrogens (tertiary/aromatic N) is 1. The van der Waals surface area contributed by atoms with Crippen molar-refractivity contribution in [1.82, 2.24) is 20.5 Å². The highest BCUT2D eigenvalue weighted by molar-refractivity contribution is 6.41. The molecule has 2 heterocycles. The molecule has 1 aromatic heterocycles. The second-order valence-electron chi connectivity index (χ2n) is 6.12. The number of H-pyrrole nitrogens is 1. The lowest BCUT2D eigenvalue weighted by Crippen LogP contribution is -2.48. The third-order valence-electron chi connectivity index (χ3n) is 3.77. The van der Waals surface area contributed by atoms with E-state index >= 15 is 0 Å². The number of likely N-dealkylation sites (tertiary alicyclic amines) is 1. The van der Waals surface area contributed by atoms with Crippen LogP contribution in [0.15, 0.2) is 6.07 Å². The topological polar surface area (TPSA) is 77.2 Å². The molecule has 6 nitrogen and oxygen atoms in total. The summed E-state index contributed by atoms with van der Waals surface area (Å²) in [5, 5.41) is 6.29. The van der Waals surface area contributed by atoms with Crippen LogP contribution < -0.4 is 10.6 Å². The largest absolute Gasteiger partial charge is 0.349 e. The highest BCUT2D eigenvalue weighted by Crippen LogP contribution is 2.22. The van der Waals surface area contributed by atoms with Gasteiger partial charge >= 0.3 is 6.03 Å². The molecule has 0 saturated carbocycles. The van der Waals surface area contributed by atoms with Crippen LogP contribution >= 0.6 is 23.2 Å². The van der Waals surface area contributed by atoms with Crippen LogP contribution in [0.3, 0.4) is 0 Å². The second-order valence-corrected chi connectivity index (χ2v) is 6.91. The van der Waals surface area contributed by atoms with Gasteiger partial charge in [-0.05, 0) is 24.8 Å². The fourth-order valence-electron chi connectivity index (χ4n) is 2.54. The number of halogens is 2. The van der Waals surface area contributed by atoms with Gasteiger partial charge in [-0.25, -0.2) is 4.79 Å². The highest BCUT2D eigenvalue weighted by Gasteiger charge is 2.29. The summed E-state index contributed by atoms with van der Waals surface area (Å²) in [7, 11) is 0. The first-order chi connectivity index (χ1) is 10.9. The van der Waals surface area contributed by atoms with E-state index in [4.69, 9.17) is 23.2 Å². The summed E-state index contributed by atoms with van der Waals surface area (Å²) in [6, 6.07) is 1.43. The standard InChI is InChI=1S/C15H22Cl2N4O2/c1-9(2)7-19-15(23)21-5-3-4-10(21)8-18-14(22)12-6-11(16)13(17)20-12/h6,9-10,20H,3-5,7-8H2,1-2H3,(H,18,22)(H,19,23). The number of carbonyl (C=O) groups is 2. The number of carbonyl (C=O) groups excluding carboxylic acids is 2. The van der Waals surface area contributed by atoms with Gasteiger partial charge in [0.15, 0.2) is 0 Å². The summed E-state index contributed by atoms with van der Waals surface area (Å²) < 4.78 is 0. The van der Waals surface area contributed by atoms with Gasteiger partial charge in [0.2, 0.25) is 0 Å². The van der Waals surface area contributed by atoms with E-state index in [0.29, 0.717) is 36.3 Å². The molecule has 1 aliphatic rings. The molecule has 0 radical (unpaired) electrons. The first kappa shape index (κ1) is 17.9. The maximum Gasteiger partial charge on any atom is 0.317 e. The SMILES string of the molecule is CC(C)CNC(=O)N1CCCC1CNC(=O)c1cc(Cl)c(Cl)[nH]1. The fourth-order valence-corrected chi connectivity index (χ4v) is 2.85. The van der Waals surface area contributed by atoms with Crippen molar-refractivity contribution in [3.05, 3.63) is 21.9 Å². The van der Waals surface area contributed by atoms with Gasteiger partial charge in [0.1, 0.15) is 10.8 Å². The number of urea groups is 1. The van der Waals surface area contributed by atoms with Crippen molar-refractivity contribution in [3.63, 3.8) is 0 Å². The van der Waals surface area contributed by atoms with Crippen LogP contribution in [0.5, 0.6) is 0 Å². The third-order valence-corrected chi connectivity index (χ3v) is 4.46. The number of nitrogens with one attached hydrogen (secondary N) is 3. The molecule has 8 heteroatoms. The van der Waals surface area contributed by atoms with Gasteiger partial charge in [-0.15, -0.1) is 0 Å². The Bertz CT molecular complexity index is 554. The predicted molar refractivity (Wildman–Crippen MR) is 91.1 cm³/mol. The van der Waals surface area contributed by atoms with E-state index in [1.54, 1.807) is 4.90 Å². The van der Waals surface area contributed by atoms with E-state index < -0.39 is 0 Å². The van der Waals surface area contributed by atoms with Crippen LogP contribution in [0.1, 0.15) is 37.2 Å². The van der Waals surface area contributed by atoms with Crippen molar-refractivity contribution in [2.75, 3.05) is 19.6 Å². The summed E-state index contributed by atoms with van der Waals surface area (Å²) >= 11 is 11.6. The van der Waals surface area contributed by atoms with Gasteiger partial charge in [0.05, 0.1) is 11.1 Å². The van der Waals surface area contributed by atoms with Crippen LogP contribution in [0.2, 0.25) is 10.2 Å². The fraction of sp³-hybridized carbons (Fsp3) is 0.600. The molecule has 1 aliphatic heterocycles. The van der Waals surface area contributed by atoms with Gasteiger partial charge in [-0.2, -0.15) is 0 Å². The molecule has 1 fully saturated rings. The monoisotopic (exact) mass is 360 g/mol. The molecule has 1 unspecified atom stereocenters. The summed E-state index contributed by atoms with van der Waals surface area (Å²) in [5.74, 6) is 0.121. The van der Waals surface area contributed by atoms with Crippen molar-refractivity contribution in [3.8, 4) is 0 Å². The average Bonchev–Trinajstić information content (AvgIpc) is 3.09. The Labute approximate surface area is 145 Å². The Hall–Kier alpha value is -1.40. The Morgan fingerprint density at radius 3 is 2.74 bits per heavy atom. The maximum absolute atomic E-state index is 12.2. The molecule has 2 rings (SSSR count). The summed E-state index contributed by atoms with van der Waals surface area (Å²) in [5.41, 5.74) is 0.314. The summed E-state index contributed by atoms with van der Waals surface area (Å²) in [6.07, 6.45) is 1.82. The van der Waals surface area contributed by atoms with E-state index in [0.717, 1.165) is 12.8 Å². The Morgan fingerprint density at radius 2 is 2.13 bits per heavy atom. The lowest BCUT2D eigenvalue weighted by molar-refractivity contribution is 0.0938. The summed E-state index contributed by atoms with van der Waals surface area (Å²) in [6.45, 7) is 5.86. The molecule has 0 spiro atoms. The van der Waals surface area contributed by atoms with Gasteiger partial charge < -0.3 is 20.5 Å². The predicted octanol–water partition coefficient (Wildman–Crippen LogP) is 2.88. The minimum Gasteiger partial charge on any atom is -0.349 e. The zero-order chi connectivity index (χ0) is 17.0. The number of rotatable bonds is 5. The molecular weight excluding hydrogens is 339 g/mol. The van der Waals surface area contributed by atoms with E-state index in [9.17, 15) is 9.59 Å². The van der Waals surface area contributed by atoms with Crippen molar-refractivity contribution >= 4 is 35.1 Å². The smallest absolute Gasteiger partial charge is 0.317 e. The lowest BCUT2D eigenvalue weighted by atomic mass is 10.2. The molecular formula is C15H22Cl2N4O2. The van der Waals surface area contributed by atoms with Crippen LogP contribution in [0.25, 0.3) is 0 Å². The van der Waals surface area contributed by atoms with Gasteiger partial charge in [-0.3, -0.25) is 4.79 Å². The zero-order valence-electron chi connectivity index (χ0n) is 13.3. The second kappa shape index (κ2) is 7.93. The van der Waals surface area contributed by atoms with Crippen molar-refractivity contribution in [1.29, 1.82) is 0 Å². The Morgan fingerprint density at radius 1 is 1.39 bits per heavy atom. The molecule has 128 valence electrons. The molecule has 1 atom stereocenters. The third kappa shape index (κ3) is 4.78. The lowest BCUT2D eigenvalue weighted by Gasteiger charge is -2.25. The van der Waals surface area contributed by atoms with Crippen LogP contribution in [0.4, 0.5) is 4.79 Å². The normalized spacial score (nSPS) is 17.6. The molecule has 3 amide bonds. The van der Waals surface area contributed by atoms with E-state index in [1.807, 2.05) is 0 Å². The molecule has 1 saturated heterocycles. The van der Waals surface area contributed by atoms with E-state index in [-0.39, 0.29) is 23.1 Å². The maximum atomic E-state index is 12.2. The minimum absolute atomic E-state index is 0.00650. The molecule has 1 aromatic rings. The quantitative estimate of drug-likeness (QED) is 0.754. The van der Waals surface area contributed by atoms with Gasteiger partial charge in [-0.1, -0.05) is 37.0 Å². The molecule has 0 aliphatic carbocycles. The van der Waals surface area contributed by atoms with Crippen molar-refractivity contribution in [2.45, 2.75) is 32.7 Å². The van der Waals surface area contributed by atoms with E-state index in [2.05, 4.69) is 29.5 Å². The van der Waals surface area contributed by atoms with E-state index in [1.165, 1.54) is 6.07 Å². The van der Waals surface area contributed by atoms with Crippen molar-refractivity contribution in [2.24, 2.45) is 5.92 Å². The summed E-state index contributed by atoms with van der Waals surface area (Å²) in [4.78, 5) is 28.8. The molecule has 0 aromatic carbocycles. The molecule has 23 heavy (non-hydrogen) atoms. The van der Waals surface area contributed by atoms with Gasteiger partial charge in [0.25, 0.3) is 5.91 Å². The number of hydrogen-bond acceptors (Lipinski definition) is 2. The first-order valence-electron chi connectivity index (χ1n) is 7.75. The zero-order valence-corrected chi connectivity index (χ0v) is 14.8. The minimum atomic E-state index is -0.284. The first-order valence-corrected chi connectivity index (χ1v) is 8.50. The van der Waals surface area contributed by atoms with Crippen LogP contribution in [-0.4, -0.2) is 47.5 Å². The number of aromatic nitrogens is 1. The number of aromatic amines is 1. The van der Waals surface area contributed by atoms with Crippen LogP contribution in [-0.2, 0) is 0 Å². The highest BCUT2D eigenvalue weighted by atomic mass is 35.5. The Kier molecular flexibility index (Phi) is 6.18. The number of amides is 3.